The van der Waals surface area contributed by atoms with Gasteiger partial charge in [-0.05, 0) is 42.4 Å². The molecule has 0 bridgehead atoms. The lowest BCUT2D eigenvalue weighted by molar-refractivity contribution is 0.949. The maximum Gasteiger partial charge on any atom is 0.194 e. The lowest BCUT2D eigenvalue weighted by Gasteiger charge is -1.95. The van der Waals surface area contributed by atoms with E-state index in [0.717, 1.165) is 25.8 Å². The Labute approximate surface area is 112 Å². The second-order valence-corrected chi connectivity index (χ2v) is 6.10. The van der Waals surface area contributed by atoms with Crippen LogP contribution in [0.15, 0.2) is 40.1 Å². The zero-order valence-electron chi connectivity index (χ0n) is 9.62. The summed E-state index contributed by atoms with van der Waals surface area (Å²) in [7, 11) is 0. The number of aryl methyl sites for hydroxylation is 1. The van der Waals surface area contributed by atoms with Gasteiger partial charge < -0.3 is 5.73 Å². The summed E-state index contributed by atoms with van der Waals surface area (Å²) >= 11 is 3.07. The van der Waals surface area contributed by atoms with Crippen LogP contribution in [0.25, 0.3) is 10.2 Å². The van der Waals surface area contributed by atoms with Gasteiger partial charge in [-0.1, -0.05) is 0 Å². The summed E-state index contributed by atoms with van der Waals surface area (Å²) in [5, 5.41) is 0.715. The number of nitrogens with two attached hydrogens (primary N) is 1. The van der Waals surface area contributed by atoms with Gasteiger partial charge in [-0.25, -0.2) is 15.0 Å². The Morgan fingerprint density at radius 1 is 1.22 bits per heavy atom. The van der Waals surface area contributed by atoms with Gasteiger partial charge in [0.2, 0.25) is 0 Å². The quantitative estimate of drug-likeness (QED) is 0.574. The lowest BCUT2D eigenvalue weighted by Crippen LogP contribution is -1.85. The number of fused-ring (bicyclic) bond motifs is 1. The highest BCUT2D eigenvalue weighted by atomic mass is 32.2. The zero-order valence-corrected chi connectivity index (χ0v) is 11.3. The number of benzene rings is 1. The maximum atomic E-state index is 5.75. The molecule has 0 aliphatic heterocycles. The third kappa shape index (κ3) is 2.30. The first-order valence-corrected chi connectivity index (χ1v) is 6.96. The van der Waals surface area contributed by atoms with Crippen molar-refractivity contribution in [2.24, 2.45) is 0 Å². The molecule has 6 heteroatoms. The van der Waals surface area contributed by atoms with Crippen molar-refractivity contribution in [3.63, 3.8) is 0 Å². The molecule has 0 saturated heterocycles. The van der Waals surface area contributed by atoms with E-state index in [2.05, 4.69) is 15.0 Å². The number of thiazole rings is 1. The number of rotatable bonds is 2. The molecular formula is C12H10N4S2. The van der Waals surface area contributed by atoms with Crippen LogP contribution in [0.5, 0.6) is 0 Å². The molecular weight excluding hydrogens is 264 g/mol. The molecule has 0 spiro atoms. The number of nitrogens with zero attached hydrogens (tertiary/aromatic N) is 3. The van der Waals surface area contributed by atoms with Crippen LogP contribution in [-0.4, -0.2) is 15.0 Å². The van der Waals surface area contributed by atoms with Crippen LogP contribution in [0.2, 0.25) is 0 Å². The van der Waals surface area contributed by atoms with Gasteiger partial charge in [0, 0.05) is 18.1 Å². The van der Waals surface area contributed by atoms with Crippen molar-refractivity contribution in [3.05, 3.63) is 36.2 Å². The summed E-state index contributed by atoms with van der Waals surface area (Å²) in [4.78, 5) is 13.0. The number of aromatic nitrogens is 3. The second kappa shape index (κ2) is 4.55. The average Bonchev–Trinajstić information content (AvgIpc) is 2.73. The van der Waals surface area contributed by atoms with Gasteiger partial charge in [0.05, 0.1) is 10.2 Å². The highest BCUT2D eigenvalue weighted by molar-refractivity contribution is 8.01. The molecule has 0 aliphatic rings. The fraction of sp³-hybridized carbons (Fsp3) is 0.0833. The molecule has 1 aromatic carbocycles. The first kappa shape index (κ1) is 11.4. The van der Waals surface area contributed by atoms with Gasteiger partial charge in [-0.2, -0.15) is 0 Å². The Kier molecular flexibility index (Phi) is 2.89. The molecule has 2 aromatic heterocycles. The van der Waals surface area contributed by atoms with E-state index >= 15 is 0 Å². The standard InChI is InChI=1S/C12H10N4S2/c1-7-5-14-11(15-6-7)18-12-16-9-3-2-8(13)4-10(9)17-12/h2-6H,13H2,1H3. The Morgan fingerprint density at radius 2 is 2.00 bits per heavy atom. The Hall–Kier alpha value is -1.66. The van der Waals surface area contributed by atoms with Crippen LogP contribution < -0.4 is 5.73 Å². The summed E-state index contributed by atoms with van der Waals surface area (Å²) in [5.74, 6) is 0. The molecule has 0 saturated carbocycles. The van der Waals surface area contributed by atoms with E-state index in [1.54, 1.807) is 23.7 Å². The first-order chi connectivity index (χ1) is 8.70. The van der Waals surface area contributed by atoms with E-state index in [1.807, 2.05) is 25.1 Å². The highest BCUT2D eigenvalue weighted by Crippen LogP contribution is 2.33. The molecule has 3 aromatic rings. The molecule has 3 rings (SSSR count). The van der Waals surface area contributed by atoms with Crippen molar-refractivity contribution in [1.29, 1.82) is 0 Å². The summed E-state index contributed by atoms with van der Waals surface area (Å²) in [6, 6.07) is 5.73. The van der Waals surface area contributed by atoms with Crippen LogP contribution in [0.1, 0.15) is 5.56 Å². The van der Waals surface area contributed by atoms with Crippen molar-refractivity contribution in [2.75, 3.05) is 5.73 Å². The van der Waals surface area contributed by atoms with Crippen molar-refractivity contribution < 1.29 is 0 Å². The molecule has 18 heavy (non-hydrogen) atoms. The first-order valence-electron chi connectivity index (χ1n) is 5.33. The van der Waals surface area contributed by atoms with E-state index in [4.69, 9.17) is 5.73 Å². The van der Waals surface area contributed by atoms with E-state index in [1.165, 1.54) is 11.8 Å². The number of nitrogen functional groups attached to an aromatic ring is 1. The van der Waals surface area contributed by atoms with Gasteiger partial charge in [0.1, 0.15) is 0 Å². The minimum Gasteiger partial charge on any atom is -0.399 e. The maximum absolute atomic E-state index is 5.75. The molecule has 4 nitrogen and oxygen atoms in total. The molecule has 0 amide bonds. The van der Waals surface area contributed by atoms with E-state index in [9.17, 15) is 0 Å². The molecule has 0 radical (unpaired) electrons. The van der Waals surface area contributed by atoms with Crippen LogP contribution in [-0.2, 0) is 0 Å². The van der Waals surface area contributed by atoms with Gasteiger partial charge >= 0.3 is 0 Å². The monoisotopic (exact) mass is 274 g/mol. The van der Waals surface area contributed by atoms with Crippen LogP contribution in [0.3, 0.4) is 0 Å². The molecule has 2 heterocycles. The van der Waals surface area contributed by atoms with E-state index in [0.29, 0.717) is 5.16 Å². The molecule has 0 unspecified atom stereocenters. The van der Waals surface area contributed by atoms with Gasteiger partial charge in [0.15, 0.2) is 9.50 Å². The Bertz CT molecular complexity index is 691. The third-order valence-electron chi connectivity index (χ3n) is 2.33. The van der Waals surface area contributed by atoms with Crippen molar-refractivity contribution >= 4 is 39.0 Å². The molecule has 0 fully saturated rings. The second-order valence-electron chi connectivity index (χ2n) is 3.85. The molecule has 0 aliphatic carbocycles. The summed E-state index contributed by atoms with van der Waals surface area (Å²) in [6.07, 6.45) is 3.61. The fourth-order valence-electron chi connectivity index (χ4n) is 1.48. The van der Waals surface area contributed by atoms with Gasteiger partial charge in [0.25, 0.3) is 0 Å². The minimum atomic E-state index is 0.715. The fourth-order valence-corrected chi connectivity index (χ4v) is 3.39. The lowest BCUT2D eigenvalue weighted by atomic mass is 10.3. The SMILES string of the molecule is Cc1cnc(Sc2nc3ccc(N)cc3s2)nc1. The van der Waals surface area contributed by atoms with Gasteiger partial charge in [-0.3, -0.25) is 0 Å². The van der Waals surface area contributed by atoms with Crippen LogP contribution >= 0.6 is 23.1 Å². The predicted molar refractivity (Wildman–Crippen MR) is 74.9 cm³/mol. The Balaban J connectivity index is 1.92. The van der Waals surface area contributed by atoms with Crippen LogP contribution in [0.4, 0.5) is 5.69 Å². The highest BCUT2D eigenvalue weighted by Gasteiger charge is 2.07. The average molecular weight is 274 g/mol. The molecule has 0 atom stereocenters. The smallest absolute Gasteiger partial charge is 0.194 e. The minimum absolute atomic E-state index is 0.715. The molecule has 2 N–H and O–H groups in total. The van der Waals surface area contributed by atoms with Gasteiger partial charge in [-0.15, -0.1) is 11.3 Å². The number of hydrogen-bond acceptors (Lipinski definition) is 6. The number of hydrogen-bond donors (Lipinski definition) is 1. The van der Waals surface area contributed by atoms with Crippen molar-refractivity contribution in [2.45, 2.75) is 16.4 Å². The summed E-state index contributed by atoms with van der Waals surface area (Å²) in [5.41, 5.74) is 8.52. The largest absolute Gasteiger partial charge is 0.399 e. The van der Waals surface area contributed by atoms with Crippen LogP contribution in [0, 0.1) is 6.92 Å². The number of anilines is 1. The van der Waals surface area contributed by atoms with E-state index < -0.39 is 0 Å². The third-order valence-corrected chi connectivity index (χ3v) is 4.30. The van der Waals surface area contributed by atoms with Crippen molar-refractivity contribution in [1.82, 2.24) is 15.0 Å². The summed E-state index contributed by atoms with van der Waals surface area (Å²) in [6.45, 7) is 1.97. The summed E-state index contributed by atoms with van der Waals surface area (Å²) < 4.78 is 2.02. The predicted octanol–water partition coefficient (Wildman–Crippen LogP) is 3.13. The normalized spacial score (nSPS) is 10.9. The Morgan fingerprint density at radius 3 is 2.78 bits per heavy atom. The zero-order chi connectivity index (χ0) is 12.5. The molecule has 90 valence electrons. The van der Waals surface area contributed by atoms with E-state index in [-0.39, 0.29) is 0 Å². The topological polar surface area (TPSA) is 64.7 Å². The van der Waals surface area contributed by atoms with Crippen molar-refractivity contribution in [3.8, 4) is 0 Å².